The second-order valence-corrected chi connectivity index (χ2v) is 5.33. The van der Waals surface area contributed by atoms with E-state index in [1.165, 1.54) is 0 Å². The van der Waals surface area contributed by atoms with Crippen molar-refractivity contribution >= 4 is 46.4 Å². The molecular formula is C13H9Cl4N. The molecule has 1 nitrogen and oxygen atoms in total. The van der Waals surface area contributed by atoms with Gasteiger partial charge in [0, 0.05) is 22.2 Å². The number of halogens is 4. The van der Waals surface area contributed by atoms with Crippen molar-refractivity contribution in [3.63, 3.8) is 0 Å². The normalized spacial score (nSPS) is 10.7. The van der Waals surface area contributed by atoms with Gasteiger partial charge in [0.05, 0.1) is 10.0 Å². The van der Waals surface area contributed by atoms with E-state index >= 15 is 0 Å². The molecule has 2 aromatic carbocycles. The zero-order valence-electron chi connectivity index (χ0n) is 9.18. The minimum Gasteiger partial charge on any atom is -0.326 e. The van der Waals surface area contributed by atoms with E-state index < -0.39 is 0 Å². The highest BCUT2D eigenvalue weighted by atomic mass is 35.5. The Hall–Kier alpha value is -0.440. The highest BCUT2D eigenvalue weighted by Gasteiger charge is 2.13. The number of rotatable bonds is 2. The summed E-state index contributed by atoms with van der Waals surface area (Å²) in [5.74, 6) is 0. The Balaban J connectivity index is 2.65. The summed E-state index contributed by atoms with van der Waals surface area (Å²) in [6, 6.07) is 8.85. The van der Waals surface area contributed by atoms with E-state index in [-0.39, 0.29) is 0 Å². The summed E-state index contributed by atoms with van der Waals surface area (Å²) >= 11 is 24.4. The van der Waals surface area contributed by atoms with Gasteiger partial charge < -0.3 is 5.73 Å². The largest absolute Gasteiger partial charge is 0.326 e. The van der Waals surface area contributed by atoms with Crippen molar-refractivity contribution in [3.8, 4) is 11.1 Å². The fourth-order valence-electron chi connectivity index (χ4n) is 1.68. The van der Waals surface area contributed by atoms with Crippen LogP contribution in [0, 0.1) is 0 Å². The van der Waals surface area contributed by atoms with E-state index in [1.54, 1.807) is 18.2 Å². The zero-order chi connectivity index (χ0) is 13.3. The summed E-state index contributed by atoms with van der Waals surface area (Å²) < 4.78 is 0. The van der Waals surface area contributed by atoms with E-state index in [1.807, 2.05) is 12.1 Å². The second kappa shape index (κ2) is 5.68. The van der Waals surface area contributed by atoms with Gasteiger partial charge >= 0.3 is 0 Å². The van der Waals surface area contributed by atoms with Crippen LogP contribution in [0.2, 0.25) is 20.1 Å². The van der Waals surface area contributed by atoms with E-state index in [0.29, 0.717) is 32.2 Å². The van der Waals surface area contributed by atoms with Crippen LogP contribution in [0.15, 0.2) is 30.3 Å². The molecule has 5 heteroatoms. The van der Waals surface area contributed by atoms with Crippen molar-refractivity contribution in [1.82, 2.24) is 0 Å². The first-order valence-electron chi connectivity index (χ1n) is 5.17. The molecule has 2 rings (SSSR count). The van der Waals surface area contributed by atoms with E-state index in [2.05, 4.69) is 0 Å². The summed E-state index contributed by atoms with van der Waals surface area (Å²) in [4.78, 5) is 0. The lowest BCUT2D eigenvalue weighted by atomic mass is 10.0. The van der Waals surface area contributed by atoms with Crippen molar-refractivity contribution in [2.75, 3.05) is 0 Å². The molecule has 0 amide bonds. The van der Waals surface area contributed by atoms with Crippen molar-refractivity contribution in [2.45, 2.75) is 6.54 Å². The third-order valence-electron chi connectivity index (χ3n) is 2.60. The summed E-state index contributed by atoms with van der Waals surface area (Å²) in [7, 11) is 0. The van der Waals surface area contributed by atoms with Crippen LogP contribution in [0.25, 0.3) is 11.1 Å². The van der Waals surface area contributed by atoms with Gasteiger partial charge in [-0.05, 0) is 35.4 Å². The SMILES string of the molecule is NCc1cc(-c2c(Cl)ccc(Cl)c2Cl)ccc1Cl. The Kier molecular flexibility index (Phi) is 4.41. The van der Waals surface area contributed by atoms with E-state index in [4.69, 9.17) is 52.1 Å². The van der Waals surface area contributed by atoms with Gasteiger partial charge in [-0.25, -0.2) is 0 Å². The fraction of sp³-hybridized carbons (Fsp3) is 0.0769. The highest BCUT2D eigenvalue weighted by molar-refractivity contribution is 6.46. The molecule has 0 aliphatic heterocycles. The van der Waals surface area contributed by atoms with Crippen molar-refractivity contribution in [2.24, 2.45) is 5.73 Å². The Morgan fingerprint density at radius 3 is 2.11 bits per heavy atom. The lowest BCUT2D eigenvalue weighted by Gasteiger charge is -2.11. The highest BCUT2D eigenvalue weighted by Crippen LogP contribution is 2.39. The van der Waals surface area contributed by atoms with Crippen LogP contribution < -0.4 is 5.73 Å². The third-order valence-corrected chi connectivity index (χ3v) is 4.09. The smallest absolute Gasteiger partial charge is 0.0685 e. The van der Waals surface area contributed by atoms with Crippen molar-refractivity contribution in [1.29, 1.82) is 0 Å². The molecule has 0 atom stereocenters. The second-order valence-electron chi connectivity index (χ2n) is 3.73. The molecule has 0 fully saturated rings. The van der Waals surface area contributed by atoms with Gasteiger partial charge in [-0.1, -0.05) is 52.5 Å². The van der Waals surface area contributed by atoms with E-state index in [9.17, 15) is 0 Å². The predicted molar refractivity (Wildman–Crippen MR) is 79.8 cm³/mol. The minimum absolute atomic E-state index is 0.350. The average Bonchev–Trinajstić information content (AvgIpc) is 2.36. The molecule has 18 heavy (non-hydrogen) atoms. The van der Waals surface area contributed by atoms with Crippen LogP contribution >= 0.6 is 46.4 Å². The summed E-state index contributed by atoms with van der Waals surface area (Å²) in [6.45, 7) is 0.350. The number of nitrogens with two attached hydrogens (primary N) is 1. The van der Waals surface area contributed by atoms with Gasteiger partial charge in [0.15, 0.2) is 0 Å². The van der Waals surface area contributed by atoms with Crippen LogP contribution in [0.3, 0.4) is 0 Å². The maximum atomic E-state index is 6.19. The lowest BCUT2D eigenvalue weighted by Crippen LogP contribution is -1.97. The quantitative estimate of drug-likeness (QED) is 0.734. The summed E-state index contributed by atoms with van der Waals surface area (Å²) in [5.41, 5.74) is 8.00. The molecule has 0 saturated carbocycles. The van der Waals surface area contributed by atoms with Crippen LogP contribution in [-0.4, -0.2) is 0 Å². The van der Waals surface area contributed by atoms with Gasteiger partial charge in [-0.15, -0.1) is 0 Å². The standard InChI is InChI=1S/C13H9Cl4N/c14-9-2-1-7(5-8(9)6-18)12-10(15)3-4-11(16)13(12)17/h1-5H,6,18H2. The molecule has 0 aliphatic rings. The molecule has 94 valence electrons. The zero-order valence-corrected chi connectivity index (χ0v) is 12.2. The van der Waals surface area contributed by atoms with Crippen LogP contribution in [0.1, 0.15) is 5.56 Å². The third kappa shape index (κ3) is 2.61. The minimum atomic E-state index is 0.350. The number of hydrogen-bond donors (Lipinski definition) is 1. The maximum absolute atomic E-state index is 6.19. The predicted octanol–water partition coefficient (Wildman–Crippen LogP) is 5.43. The Labute approximate surface area is 125 Å². The monoisotopic (exact) mass is 319 g/mol. The molecular weight excluding hydrogens is 312 g/mol. The van der Waals surface area contributed by atoms with Crippen molar-refractivity contribution < 1.29 is 0 Å². The van der Waals surface area contributed by atoms with Crippen LogP contribution in [0.5, 0.6) is 0 Å². The molecule has 0 aliphatic carbocycles. The average molecular weight is 321 g/mol. The first kappa shape index (κ1) is 14.0. The van der Waals surface area contributed by atoms with Crippen LogP contribution in [0.4, 0.5) is 0 Å². The van der Waals surface area contributed by atoms with Crippen LogP contribution in [-0.2, 0) is 6.54 Å². The van der Waals surface area contributed by atoms with Gasteiger partial charge in [0.2, 0.25) is 0 Å². The Morgan fingerprint density at radius 2 is 1.44 bits per heavy atom. The Morgan fingerprint density at radius 1 is 0.833 bits per heavy atom. The van der Waals surface area contributed by atoms with Crippen molar-refractivity contribution in [3.05, 3.63) is 56.0 Å². The molecule has 0 unspecified atom stereocenters. The molecule has 0 radical (unpaired) electrons. The summed E-state index contributed by atoms with van der Waals surface area (Å²) in [6.07, 6.45) is 0. The lowest BCUT2D eigenvalue weighted by molar-refractivity contribution is 1.07. The topological polar surface area (TPSA) is 26.0 Å². The van der Waals surface area contributed by atoms with E-state index in [0.717, 1.165) is 11.1 Å². The molecule has 0 saturated heterocycles. The van der Waals surface area contributed by atoms with Gasteiger partial charge in [0.1, 0.15) is 0 Å². The molecule has 2 N–H and O–H groups in total. The molecule has 0 aromatic heterocycles. The summed E-state index contributed by atoms with van der Waals surface area (Å²) in [5, 5.41) is 2.04. The van der Waals surface area contributed by atoms with Gasteiger partial charge in [-0.3, -0.25) is 0 Å². The molecule has 2 aromatic rings. The molecule has 0 spiro atoms. The fourth-order valence-corrected chi connectivity index (χ4v) is 2.62. The first-order chi connectivity index (χ1) is 8.54. The molecule has 0 heterocycles. The van der Waals surface area contributed by atoms with Gasteiger partial charge in [-0.2, -0.15) is 0 Å². The van der Waals surface area contributed by atoms with Gasteiger partial charge in [0.25, 0.3) is 0 Å². The molecule has 0 bridgehead atoms. The first-order valence-corrected chi connectivity index (χ1v) is 6.68. The number of hydrogen-bond acceptors (Lipinski definition) is 1. The Bertz CT molecular complexity index is 596. The maximum Gasteiger partial charge on any atom is 0.0685 e. The number of benzene rings is 2.